The van der Waals surface area contributed by atoms with E-state index in [0.717, 1.165) is 0 Å². The summed E-state index contributed by atoms with van der Waals surface area (Å²) in [6.45, 7) is 0.736. The van der Waals surface area contributed by atoms with Gasteiger partial charge in [0.15, 0.2) is 0 Å². The van der Waals surface area contributed by atoms with Crippen LogP contribution in [-0.4, -0.2) is 34.7 Å². The van der Waals surface area contributed by atoms with Gasteiger partial charge in [0.1, 0.15) is 0 Å². The third kappa shape index (κ3) is 3.67. The summed E-state index contributed by atoms with van der Waals surface area (Å²) in [6.07, 6.45) is 3.07. The molecule has 1 aromatic carbocycles. The zero-order valence-corrected chi connectivity index (χ0v) is 11.7. The maximum Gasteiger partial charge on any atom is 0.258 e. The number of aromatic nitrogens is 2. The second-order valence-electron chi connectivity index (χ2n) is 4.45. The number of anilines is 1. The van der Waals surface area contributed by atoms with Gasteiger partial charge in [0.25, 0.3) is 11.8 Å². The maximum absolute atomic E-state index is 12.1. The first-order valence-corrected chi connectivity index (χ1v) is 6.49. The van der Waals surface area contributed by atoms with E-state index in [4.69, 9.17) is 5.73 Å². The van der Waals surface area contributed by atoms with Gasteiger partial charge in [0, 0.05) is 26.3 Å². The lowest BCUT2D eigenvalue weighted by Gasteiger charge is -2.10. The van der Waals surface area contributed by atoms with Crippen LogP contribution in [0.4, 0.5) is 5.69 Å². The van der Waals surface area contributed by atoms with Gasteiger partial charge >= 0.3 is 0 Å². The molecule has 21 heavy (non-hydrogen) atoms. The SMILES string of the molecule is Cn1cc(C(=O)Nc2ccccc2C(=O)NCCN)cn1. The van der Waals surface area contributed by atoms with Gasteiger partial charge in [-0.2, -0.15) is 5.10 Å². The van der Waals surface area contributed by atoms with Gasteiger partial charge in [-0.05, 0) is 12.1 Å². The number of carbonyl (C=O) groups excluding carboxylic acids is 2. The van der Waals surface area contributed by atoms with Crippen LogP contribution in [0.5, 0.6) is 0 Å². The Morgan fingerprint density at radius 1 is 1.29 bits per heavy atom. The van der Waals surface area contributed by atoms with E-state index >= 15 is 0 Å². The van der Waals surface area contributed by atoms with Crippen LogP contribution in [0.25, 0.3) is 0 Å². The first kappa shape index (κ1) is 14.7. The minimum Gasteiger partial charge on any atom is -0.351 e. The lowest BCUT2D eigenvalue weighted by atomic mass is 10.1. The van der Waals surface area contributed by atoms with E-state index in [1.54, 1.807) is 37.5 Å². The highest BCUT2D eigenvalue weighted by Crippen LogP contribution is 2.16. The molecule has 0 aliphatic heterocycles. The molecule has 2 rings (SSSR count). The quantitative estimate of drug-likeness (QED) is 0.739. The van der Waals surface area contributed by atoms with E-state index in [-0.39, 0.29) is 11.8 Å². The van der Waals surface area contributed by atoms with Gasteiger partial charge in [0.2, 0.25) is 0 Å². The summed E-state index contributed by atoms with van der Waals surface area (Å²) in [5.74, 6) is -0.593. The molecule has 1 heterocycles. The standard InChI is InChI=1S/C14H17N5O2/c1-19-9-10(8-17-19)13(20)18-12-5-3-2-4-11(12)14(21)16-7-6-15/h2-5,8-9H,6-7,15H2,1H3,(H,16,21)(H,18,20). The number of para-hydroxylation sites is 1. The van der Waals surface area contributed by atoms with E-state index in [0.29, 0.717) is 29.9 Å². The van der Waals surface area contributed by atoms with Crippen molar-refractivity contribution >= 4 is 17.5 Å². The van der Waals surface area contributed by atoms with Crippen molar-refractivity contribution in [3.8, 4) is 0 Å². The number of aryl methyl sites for hydroxylation is 1. The van der Waals surface area contributed by atoms with Gasteiger partial charge in [0.05, 0.1) is 23.0 Å². The highest BCUT2D eigenvalue weighted by Gasteiger charge is 2.14. The van der Waals surface area contributed by atoms with Crippen LogP contribution < -0.4 is 16.4 Å². The second kappa shape index (κ2) is 6.67. The Morgan fingerprint density at radius 2 is 2.05 bits per heavy atom. The third-order valence-corrected chi connectivity index (χ3v) is 2.82. The monoisotopic (exact) mass is 287 g/mol. The summed E-state index contributed by atoms with van der Waals surface area (Å²) in [4.78, 5) is 24.1. The average Bonchev–Trinajstić information content (AvgIpc) is 2.92. The molecule has 0 saturated carbocycles. The number of nitrogens with one attached hydrogen (secondary N) is 2. The van der Waals surface area contributed by atoms with Crippen LogP contribution in [-0.2, 0) is 7.05 Å². The van der Waals surface area contributed by atoms with Crippen LogP contribution in [0, 0.1) is 0 Å². The molecule has 1 aromatic heterocycles. The normalized spacial score (nSPS) is 10.2. The number of amides is 2. The summed E-state index contributed by atoms with van der Waals surface area (Å²) in [5, 5.41) is 9.33. The fourth-order valence-corrected chi connectivity index (χ4v) is 1.80. The van der Waals surface area contributed by atoms with Gasteiger partial charge in [-0.15, -0.1) is 0 Å². The molecule has 0 bridgehead atoms. The number of rotatable bonds is 5. The number of carbonyl (C=O) groups is 2. The minimum atomic E-state index is -0.317. The number of nitrogens with two attached hydrogens (primary N) is 1. The first-order chi connectivity index (χ1) is 10.1. The van der Waals surface area contributed by atoms with E-state index < -0.39 is 0 Å². The summed E-state index contributed by atoms with van der Waals surface area (Å²) < 4.78 is 1.54. The topological polar surface area (TPSA) is 102 Å². The molecule has 110 valence electrons. The average molecular weight is 287 g/mol. The van der Waals surface area contributed by atoms with Crippen molar-refractivity contribution in [2.75, 3.05) is 18.4 Å². The molecule has 0 fully saturated rings. The molecule has 2 aromatic rings. The Labute approximate surface area is 122 Å². The minimum absolute atomic E-state index is 0.275. The molecular formula is C14H17N5O2. The highest BCUT2D eigenvalue weighted by molar-refractivity contribution is 6.08. The van der Waals surface area contributed by atoms with E-state index in [1.807, 2.05) is 0 Å². The van der Waals surface area contributed by atoms with Crippen LogP contribution in [0.3, 0.4) is 0 Å². The number of benzene rings is 1. The highest BCUT2D eigenvalue weighted by atomic mass is 16.2. The lowest BCUT2D eigenvalue weighted by Crippen LogP contribution is -2.29. The summed E-state index contributed by atoms with van der Waals surface area (Å²) >= 11 is 0. The van der Waals surface area contributed by atoms with E-state index in [2.05, 4.69) is 15.7 Å². The molecule has 7 nitrogen and oxygen atoms in total. The summed E-state index contributed by atoms with van der Waals surface area (Å²) in [7, 11) is 1.73. The largest absolute Gasteiger partial charge is 0.351 e. The maximum atomic E-state index is 12.1. The molecule has 0 radical (unpaired) electrons. The van der Waals surface area contributed by atoms with Crippen LogP contribution in [0.1, 0.15) is 20.7 Å². The molecule has 0 saturated heterocycles. The molecule has 0 aliphatic carbocycles. The molecular weight excluding hydrogens is 270 g/mol. The van der Waals surface area contributed by atoms with Crippen molar-refractivity contribution in [3.05, 3.63) is 47.8 Å². The second-order valence-corrected chi connectivity index (χ2v) is 4.45. The van der Waals surface area contributed by atoms with Gasteiger partial charge in [-0.1, -0.05) is 12.1 Å². The predicted molar refractivity (Wildman–Crippen MR) is 79.0 cm³/mol. The number of hydrogen-bond acceptors (Lipinski definition) is 4. The van der Waals surface area contributed by atoms with Crippen molar-refractivity contribution in [3.63, 3.8) is 0 Å². The molecule has 0 aliphatic rings. The van der Waals surface area contributed by atoms with Crippen molar-refractivity contribution in [2.45, 2.75) is 0 Å². The summed E-state index contributed by atoms with van der Waals surface area (Å²) in [5.41, 5.74) is 6.62. The number of hydrogen-bond donors (Lipinski definition) is 3. The fourth-order valence-electron chi connectivity index (χ4n) is 1.80. The zero-order valence-electron chi connectivity index (χ0n) is 11.7. The zero-order chi connectivity index (χ0) is 15.2. The van der Waals surface area contributed by atoms with Crippen molar-refractivity contribution in [2.24, 2.45) is 12.8 Å². The fraction of sp³-hybridized carbons (Fsp3) is 0.214. The van der Waals surface area contributed by atoms with Gasteiger partial charge < -0.3 is 16.4 Å². The Balaban J connectivity index is 2.16. The van der Waals surface area contributed by atoms with Crippen molar-refractivity contribution < 1.29 is 9.59 Å². The smallest absolute Gasteiger partial charge is 0.258 e. The van der Waals surface area contributed by atoms with Crippen molar-refractivity contribution in [1.29, 1.82) is 0 Å². The van der Waals surface area contributed by atoms with E-state index in [9.17, 15) is 9.59 Å². The Kier molecular flexibility index (Phi) is 4.68. The Hall–Kier alpha value is -2.67. The molecule has 2 amide bonds. The number of nitrogens with zero attached hydrogens (tertiary/aromatic N) is 2. The lowest BCUT2D eigenvalue weighted by molar-refractivity contribution is 0.0955. The first-order valence-electron chi connectivity index (χ1n) is 6.49. The van der Waals surface area contributed by atoms with Crippen molar-refractivity contribution in [1.82, 2.24) is 15.1 Å². The Bertz CT molecular complexity index is 650. The molecule has 7 heteroatoms. The van der Waals surface area contributed by atoms with Gasteiger partial charge in [-0.3, -0.25) is 14.3 Å². The van der Waals surface area contributed by atoms with Crippen LogP contribution in [0.15, 0.2) is 36.7 Å². The third-order valence-electron chi connectivity index (χ3n) is 2.82. The molecule has 0 atom stereocenters. The van der Waals surface area contributed by atoms with Crippen LogP contribution >= 0.6 is 0 Å². The molecule has 4 N–H and O–H groups in total. The summed E-state index contributed by atoms with van der Waals surface area (Å²) in [6, 6.07) is 6.80. The Morgan fingerprint density at radius 3 is 2.71 bits per heavy atom. The molecule has 0 spiro atoms. The van der Waals surface area contributed by atoms with E-state index in [1.165, 1.54) is 10.9 Å². The predicted octanol–water partition coefficient (Wildman–Crippen LogP) is 0.361. The van der Waals surface area contributed by atoms with Crippen LogP contribution in [0.2, 0.25) is 0 Å². The molecule has 0 unspecified atom stereocenters. The van der Waals surface area contributed by atoms with Gasteiger partial charge in [-0.25, -0.2) is 0 Å².